The van der Waals surface area contributed by atoms with E-state index in [-0.39, 0.29) is 5.91 Å². The summed E-state index contributed by atoms with van der Waals surface area (Å²) in [5.74, 6) is 0.341. The summed E-state index contributed by atoms with van der Waals surface area (Å²) in [6.07, 6.45) is 4.96. The first kappa shape index (κ1) is 14.0. The van der Waals surface area contributed by atoms with E-state index in [4.69, 9.17) is 0 Å². The Morgan fingerprint density at radius 1 is 1.05 bits per heavy atom. The second-order valence-electron chi connectivity index (χ2n) is 4.95. The molecule has 0 fully saturated rings. The maximum Gasteiger partial charge on any atom is 0.256 e. The van der Waals surface area contributed by atoms with Gasteiger partial charge in [0.05, 0.1) is 0 Å². The number of aromatic amines is 1. The molecule has 1 amide bonds. The highest BCUT2D eigenvalue weighted by Gasteiger charge is 2.08. The predicted molar refractivity (Wildman–Crippen MR) is 84.6 cm³/mol. The molecule has 0 aliphatic carbocycles. The van der Waals surface area contributed by atoms with E-state index in [0.29, 0.717) is 11.4 Å². The summed E-state index contributed by atoms with van der Waals surface area (Å²) < 4.78 is 0. The van der Waals surface area contributed by atoms with Gasteiger partial charge >= 0.3 is 0 Å². The maximum atomic E-state index is 12.0. The van der Waals surface area contributed by atoms with Crippen molar-refractivity contribution in [3.05, 3.63) is 77.7 Å². The normalized spacial score (nSPS) is 10.4. The number of amides is 1. The van der Waals surface area contributed by atoms with E-state index >= 15 is 0 Å². The molecule has 2 heterocycles. The number of carbonyl (C=O) groups is 1. The smallest absolute Gasteiger partial charge is 0.256 e. The highest BCUT2D eigenvalue weighted by Crippen LogP contribution is 2.10. The molecule has 0 saturated carbocycles. The van der Waals surface area contributed by atoms with Gasteiger partial charge in [-0.05, 0) is 30.5 Å². The van der Waals surface area contributed by atoms with Crippen molar-refractivity contribution < 1.29 is 4.79 Å². The third kappa shape index (κ3) is 3.58. The fourth-order valence-corrected chi connectivity index (χ4v) is 2.17. The lowest BCUT2D eigenvalue weighted by atomic mass is 10.1. The molecule has 2 aromatic heterocycles. The summed E-state index contributed by atoms with van der Waals surface area (Å²) in [5.41, 5.74) is 2.83. The lowest BCUT2D eigenvalue weighted by molar-refractivity contribution is 0.102. The zero-order valence-corrected chi connectivity index (χ0v) is 12.0. The molecule has 3 aromatic rings. The van der Waals surface area contributed by atoms with Gasteiger partial charge in [-0.15, -0.1) is 0 Å². The van der Waals surface area contributed by atoms with E-state index in [1.807, 2.05) is 24.3 Å². The van der Waals surface area contributed by atoms with Crippen LogP contribution in [0.25, 0.3) is 0 Å². The Bertz CT molecular complexity index is 738. The second-order valence-corrected chi connectivity index (χ2v) is 4.95. The number of benzene rings is 1. The summed E-state index contributed by atoms with van der Waals surface area (Å²) in [6, 6.07) is 15.5. The molecule has 3 rings (SSSR count). The quantitative estimate of drug-likeness (QED) is 0.759. The molecule has 1 aromatic carbocycles. The Kier molecular flexibility index (Phi) is 4.25. The second kappa shape index (κ2) is 6.67. The Morgan fingerprint density at radius 3 is 2.59 bits per heavy atom. The van der Waals surface area contributed by atoms with Crippen molar-refractivity contribution in [2.45, 2.75) is 12.8 Å². The molecular weight excluding hydrogens is 276 g/mol. The number of rotatable bonds is 5. The van der Waals surface area contributed by atoms with Gasteiger partial charge in [-0.3, -0.25) is 14.9 Å². The van der Waals surface area contributed by atoms with Crippen molar-refractivity contribution in [2.24, 2.45) is 0 Å². The van der Waals surface area contributed by atoms with E-state index < -0.39 is 0 Å². The standard InChI is InChI=1S/C17H16N4O/c22-17(14-8-10-18-11-9-14)19-16-12-15(20-21-16)7-6-13-4-2-1-3-5-13/h1-5,8-12H,6-7H2,(H2,19,20,21,22). The number of carbonyl (C=O) groups excluding carboxylic acids is 1. The van der Waals surface area contributed by atoms with Gasteiger partial charge in [-0.2, -0.15) is 5.10 Å². The van der Waals surface area contributed by atoms with Crippen molar-refractivity contribution in [3.63, 3.8) is 0 Å². The van der Waals surface area contributed by atoms with Gasteiger partial charge in [-0.1, -0.05) is 30.3 Å². The number of hydrogen-bond donors (Lipinski definition) is 2. The zero-order chi connectivity index (χ0) is 15.2. The molecule has 0 bridgehead atoms. The Hall–Kier alpha value is -2.95. The maximum absolute atomic E-state index is 12.0. The molecule has 0 atom stereocenters. The SMILES string of the molecule is O=C(Nc1cc(CCc2ccccc2)[nH]n1)c1ccncc1. The van der Waals surface area contributed by atoms with Crippen LogP contribution in [0.15, 0.2) is 60.9 Å². The van der Waals surface area contributed by atoms with Crippen LogP contribution in [0, 0.1) is 0 Å². The van der Waals surface area contributed by atoms with E-state index in [1.54, 1.807) is 24.5 Å². The summed E-state index contributed by atoms with van der Waals surface area (Å²) in [5, 5.41) is 9.84. The van der Waals surface area contributed by atoms with E-state index in [0.717, 1.165) is 18.5 Å². The predicted octanol–water partition coefficient (Wildman–Crippen LogP) is 2.84. The minimum Gasteiger partial charge on any atom is -0.305 e. The highest BCUT2D eigenvalue weighted by molar-refractivity contribution is 6.03. The van der Waals surface area contributed by atoms with Gasteiger partial charge < -0.3 is 5.32 Å². The van der Waals surface area contributed by atoms with Gasteiger partial charge in [0.1, 0.15) is 0 Å². The average molecular weight is 292 g/mol. The number of anilines is 1. The number of pyridine rings is 1. The lowest BCUT2D eigenvalue weighted by Crippen LogP contribution is -2.11. The summed E-state index contributed by atoms with van der Waals surface area (Å²) >= 11 is 0. The van der Waals surface area contributed by atoms with Crippen LogP contribution in [-0.2, 0) is 12.8 Å². The van der Waals surface area contributed by atoms with Crippen molar-refractivity contribution in [3.8, 4) is 0 Å². The first-order valence-electron chi connectivity index (χ1n) is 7.11. The van der Waals surface area contributed by atoms with Crippen LogP contribution in [0.3, 0.4) is 0 Å². The topological polar surface area (TPSA) is 70.7 Å². The Morgan fingerprint density at radius 2 is 1.82 bits per heavy atom. The average Bonchev–Trinajstić information content (AvgIpc) is 3.02. The van der Waals surface area contributed by atoms with E-state index in [2.05, 4.69) is 32.6 Å². The van der Waals surface area contributed by atoms with Crippen LogP contribution >= 0.6 is 0 Å². The van der Waals surface area contributed by atoms with Crippen LogP contribution in [0.5, 0.6) is 0 Å². The monoisotopic (exact) mass is 292 g/mol. The molecule has 0 saturated heterocycles. The van der Waals surface area contributed by atoms with Gasteiger partial charge in [0.25, 0.3) is 5.91 Å². The fourth-order valence-electron chi connectivity index (χ4n) is 2.17. The zero-order valence-electron chi connectivity index (χ0n) is 12.0. The van der Waals surface area contributed by atoms with Gasteiger partial charge in [-0.25, -0.2) is 0 Å². The number of nitrogens with zero attached hydrogens (tertiary/aromatic N) is 2. The molecule has 22 heavy (non-hydrogen) atoms. The van der Waals surface area contributed by atoms with E-state index in [9.17, 15) is 4.79 Å². The van der Waals surface area contributed by atoms with Crippen molar-refractivity contribution >= 4 is 11.7 Å². The third-order valence-electron chi connectivity index (χ3n) is 3.34. The minimum atomic E-state index is -0.191. The number of aryl methyl sites for hydroxylation is 2. The summed E-state index contributed by atoms with van der Waals surface area (Å²) in [6.45, 7) is 0. The van der Waals surface area contributed by atoms with Gasteiger partial charge in [0, 0.05) is 29.7 Å². The van der Waals surface area contributed by atoms with Crippen LogP contribution < -0.4 is 5.32 Å². The first-order valence-corrected chi connectivity index (χ1v) is 7.11. The minimum absolute atomic E-state index is 0.191. The molecule has 0 spiro atoms. The van der Waals surface area contributed by atoms with Gasteiger partial charge in [0.15, 0.2) is 5.82 Å². The third-order valence-corrected chi connectivity index (χ3v) is 3.34. The van der Waals surface area contributed by atoms with E-state index in [1.165, 1.54) is 5.56 Å². The Balaban J connectivity index is 1.58. The number of H-pyrrole nitrogens is 1. The molecule has 110 valence electrons. The largest absolute Gasteiger partial charge is 0.305 e. The van der Waals surface area contributed by atoms with Crippen LogP contribution in [0.1, 0.15) is 21.6 Å². The number of aromatic nitrogens is 3. The highest BCUT2D eigenvalue weighted by atomic mass is 16.1. The van der Waals surface area contributed by atoms with Crippen LogP contribution in [0.2, 0.25) is 0 Å². The molecule has 5 nitrogen and oxygen atoms in total. The molecular formula is C17H16N4O. The summed E-state index contributed by atoms with van der Waals surface area (Å²) in [7, 11) is 0. The lowest BCUT2D eigenvalue weighted by Gasteiger charge is -2.00. The van der Waals surface area contributed by atoms with Crippen molar-refractivity contribution in [1.82, 2.24) is 15.2 Å². The molecule has 0 aliphatic rings. The molecule has 5 heteroatoms. The first-order chi connectivity index (χ1) is 10.8. The van der Waals surface area contributed by atoms with Crippen molar-refractivity contribution in [2.75, 3.05) is 5.32 Å². The molecule has 0 aliphatic heterocycles. The number of hydrogen-bond acceptors (Lipinski definition) is 3. The molecule has 0 radical (unpaired) electrons. The van der Waals surface area contributed by atoms with Crippen LogP contribution in [0.4, 0.5) is 5.82 Å². The van der Waals surface area contributed by atoms with Crippen LogP contribution in [-0.4, -0.2) is 21.1 Å². The van der Waals surface area contributed by atoms with Crippen molar-refractivity contribution in [1.29, 1.82) is 0 Å². The fraction of sp³-hybridized carbons (Fsp3) is 0.118. The molecule has 0 unspecified atom stereocenters. The summed E-state index contributed by atoms with van der Waals surface area (Å²) in [4.78, 5) is 15.9. The number of nitrogens with one attached hydrogen (secondary N) is 2. The Labute approximate surface area is 128 Å². The molecule has 2 N–H and O–H groups in total. The van der Waals surface area contributed by atoms with Gasteiger partial charge in [0.2, 0.25) is 0 Å².